The molecule has 0 aliphatic carbocycles. The Morgan fingerprint density at radius 1 is 1.40 bits per heavy atom. The highest BCUT2D eigenvalue weighted by molar-refractivity contribution is 14.1. The van der Waals surface area contributed by atoms with Gasteiger partial charge in [0.2, 0.25) is 0 Å². The van der Waals surface area contributed by atoms with Crippen LogP contribution in [0.4, 0.5) is 5.69 Å². The second kappa shape index (κ2) is 4.73. The van der Waals surface area contributed by atoms with Crippen LogP contribution in [0.3, 0.4) is 0 Å². The van der Waals surface area contributed by atoms with Crippen LogP contribution in [0, 0.1) is 6.92 Å². The molecule has 1 aromatic carbocycles. The maximum atomic E-state index is 2.53. The fourth-order valence-electron chi connectivity index (χ4n) is 2.49. The molecule has 2 rings (SSSR count). The summed E-state index contributed by atoms with van der Waals surface area (Å²) >= 11 is 2.47. The van der Waals surface area contributed by atoms with Crippen LogP contribution in [0.5, 0.6) is 0 Å². The molecule has 0 N–H and O–H groups in total. The number of benzene rings is 1. The highest BCUT2D eigenvalue weighted by Crippen LogP contribution is 2.32. The fourth-order valence-corrected chi connectivity index (χ4v) is 3.17. The minimum absolute atomic E-state index is 1.11. The molecular weight excluding hydrogens is 297 g/mol. The van der Waals surface area contributed by atoms with E-state index in [9.17, 15) is 0 Å². The van der Waals surface area contributed by atoms with Crippen molar-refractivity contribution < 1.29 is 0 Å². The Hall–Kier alpha value is -0.250. The minimum Gasteiger partial charge on any atom is -0.362 e. The van der Waals surface area contributed by atoms with Crippen molar-refractivity contribution in [1.29, 1.82) is 0 Å². The molecule has 0 amide bonds. The van der Waals surface area contributed by atoms with E-state index in [0.29, 0.717) is 0 Å². The van der Waals surface area contributed by atoms with Crippen molar-refractivity contribution in [2.45, 2.75) is 33.1 Å². The van der Waals surface area contributed by atoms with Crippen LogP contribution in [0.15, 0.2) is 12.1 Å². The highest BCUT2D eigenvalue weighted by atomic mass is 127. The third-order valence-corrected chi connectivity index (χ3v) is 3.95. The monoisotopic (exact) mass is 315 g/mol. The normalized spacial score (nSPS) is 15.3. The van der Waals surface area contributed by atoms with Gasteiger partial charge in [-0.25, -0.2) is 0 Å². The summed E-state index contributed by atoms with van der Waals surface area (Å²) in [4.78, 5) is 2.53. The number of alkyl halides is 1. The van der Waals surface area contributed by atoms with Gasteiger partial charge >= 0.3 is 0 Å². The Morgan fingerprint density at radius 2 is 2.20 bits per heavy atom. The number of halogens is 1. The summed E-state index contributed by atoms with van der Waals surface area (Å²) in [5.41, 5.74) is 6.04. The first-order chi connectivity index (χ1) is 7.26. The molecule has 0 spiro atoms. The largest absolute Gasteiger partial charge is 0.362 e. The Balaban J connectivity index is 2.52. The minimum atomic E-state index is 1.11. The van der Waals surface area contributed by atoms with E-state index in [1.807, 2.05) is 0 Å². The third kappa shape index (κ3) is 2.14. The molecule has 1 heterocycles. The summed E-state index contributed by atoms with van der Waals surface area (Å²) in [6.45, 7) is 5.70. The summed E-state index contributed by atoms with van der Waals surface area (Å²) in [5.74, 6) is 0. The maximum absolute atomic E-state index is 2.53. The molecule has 1 nitrogen and oxygen atoms in total. The molecule has 1 aliphatic heterocycles. The standard InChI is InChI=1S/C13H18IN/c1-3-11-7-10(2)8-12-5-4-6-15(9-14)13(11)12/h7-8H,3-6,9H2,1-2H3. The lowest BCUT2D eigenvalue weighted by atomic mass is 9.94. The molecule has 0 saturated carbocycles. The summed E-state index contributed by atoms with van der Waals surface area (Å²) in [6.07, 6.45) is 3.72. The molecular formula is C13H18IN. The lowest BCUT2D eigenvalue weighted by molar-refractivity contribution is 0.734. The van der Waals surface area contributed by atoms with E-state index in [4.69, 9.17) is 0 Å². The average Bonchev–Trinajstić information content (AvgIpc) is 2.26. The second-order valence-corrected chi connectivity index (χ2v) is 4.95. The third-order valence-electron chi connectivity index (χ3n) is 3.13. The van der Waals surface area contributed by atoms with E-state index in [0.717, 1.165) is 11.0 Å². The van der Waals surface area contributed by atoms with Gasteiger partial charge in [-0.3, -0.25) is 0 Å². The van der Waals surface area contributed by atoms with Crippen molar-refractivity contribution >= 4 is 28.3 Å². The van der Waals surface area contributed by atoms with Crippen molar-refractivity contribution in [3.05, 3.63) is 28.8 Å². The van der Waals surface area contributed by atoms with Gasteiger partial charge in [-0.05, 0) is 37.3 Å². The zero-order valence-corrected chi connectivity index (χ0v) is 11.7. The Labute approximate surface area is 106 Å². The Morgan fingerprint density at radius 3 is 2.87 bits per heavy atom. The SMILES string of the molecule is CCc1cc(C)cc2c1N(CI)CCC2. The molecule has 1 aliphatic rings. The van der Waals surface area contributed by atoms with Crippen LogP contribution in [-0.4, -0.2) is 11.1 Å². The molecule has 0 fully saturated rings. The molecule has 0 bridgehead atoms. The van der Waals surface area contributed by atoms with Crippen molar-refractivity contribution in [3.8, 4) is 0 Å². The Bertz CT molecular complexity index is 343. The number of anilines is 1. The van der Waals surface area contributed by atoms with E-state index in [1.54, 1.807) is 5.56 Å². The molecule has 2 heteroatoms. The summed E-state index contributed by atoms with van der Waals surface area (Å²) in [5, 5.41) is 0. The quantitative estimate of drug-likeness (QED) is 0.457. The van der Waals surface area contributed by atoms with Crippen LogP contribution in [0.1, 0.15) is 30.0 Å². The second-order valence-electron chi connectivity index (χ2n) is 4.27. The summed E-state index contributed by atoms with van der Waals surface area (Å²) in [6, 6.07) is 4.72. The lowest BCUT2D eigenvalue weighted by Gasteiger charge is -2.32. The van der Waals surface area contributed by atoms with Crippen LogP contribution in [0.25, 0.3) is 0 Å². The van der Waals surface area contributed by atoms with Crippen molar-refractivity contribution in [3.63, 3.8) is 0 Å². The molecule has 0 saturated heterocycles. The van der Waals surface area contributed by atoms with E-state index < -0.39 is 0 Å². The highest BCUT2D eigenvalue weighted by Gasteiger charge is 2.18. The van der Waals surface area contributed by atoms with Gasteiger partial charge in [0.15, 0.2) is 0 Å². The van der Waals surface area contributed by atoms with Crippen molar-refractivity contribution in [2.75, 3.05) is 16.0 Å². The molecule has 15 heavy (non-hydrogen) atoms. The van der Waals surface area contributed by atoms with Gasteiger partial charge in [-0.2, -0.15) is 0 Å². The molecule has 1 aromatic rings. The summed E-state index contributed by atoms with van der Waals surface area (Å²) in [7, 11) is 0. The number of hydrogen-bond donors (Lipinski definition) is 0. The molecule has 82 valence electrons. The van der Waals surface area contributed by atoms with Crippen LogP contribution in [-0.2, 0) is 12.8 Å². The average molecular weight is 315 g/mol. The van der Waals surface area contributed by atoms with E-state index in [2.05, 4.69) is 53.5 Å². The van der Waals surface area contributed by atoms with Gasteiger partial charge in [0.1, 0.15) is 0 Å². The maximum Gasteiger partial charge on any atom is 0.0699 e. The van der Waals surface area contributed by atoms with E-state index >= 15 is 0 Å². The van der Waals surface area contributed by atoms with Gasteiger partial charge in [0.05, 0.1) is 4.55 Å². The first-order valence-corrected chi connectivity index (χ1v) is 7.22. The van der Waals surface area contributed by atoms with Gasteiger partial charge in [0, 0.05) is 12.2 Å². The molecule has 0 unspecified atom stereocenters. The van der Waals surface area contributed by atoms with E-state index in [-0.39, 0.29) is 0 Å². The number of fused-ring (bicyclic) bond motifs is 1. The van der Waals surface area contributed by atoms with Gasteiger partial charge in [-0.15, -0.1) is 0 Å². The first-order valence-electron chi connectivity index (χ1n) is 5.69. The number of nitrogens with zero attached hydrogens (tertiary/aromatic N) is 1. The lowest BCUT2D eigenvalue weighted by Crippen LogP contribution is -2.29. The van der Waals surface area contributed by atoms with Crippen molar-refractivity contribution in [2.24, 2.45) is 0 Å². The van der Waals surface area contributed by atoms with Crippen molar-refractivity contribution in [1.82, 2.24) is 0 Å². The zero-order valence-electron chi connectivity index (χ0n) is 9.52. The molecule has 0 radical (unpaired) electrons. The molecule has 0 atom stereocenters. The van der Waals surface area contributed by atoms with Crippen LogP contribution >= 0.6 is 22.6 Å². The topological polar surface area (TPSA) is 3.24 Å². The number of rotatable bonds is 2. The predicted molar refractivity (Wildman–Crippen MR) is 75.1 cm³/mol. The fraction of sp³-hybridized carbons (Fsp3) is 0.538. The Kier molecular flexibility index (Phi) is 3.54. The zero-order chi connectivity index (χ0) is 10.8. The number of hydrogen-bond acceptors (Lipinski definition) is 1. The first kappa shape index (κ1) is 11.2. The van der Waals surface area contributed by atoms with E-state index in [1.165, 1.54) is 36.2 Å². The van der Waals surface area contributed by atoms with Crippen LogP contribution in [0.2, 0.25) is 0 Å². The molecule has 0 aromatic heterocycles. The van der Waals surface area contributed by atoms with Gasteiger partial charge < -0.3 is 4.90 Å². The number of aryl methyl sites for hydroxylation is 3. The predicted octanol–water partition coefficient (Wildman–Crippen LogP) is 3.70. The van der Waals surface area contributed by atoms with Crippen LogP contribution < -0.4 is 4.90 Å². The summed E-state index contributed by atoms with van der Waals surface area (Å²) < 4.78 is 1.11. The van der Waals surface area contributed by atoms with Gasteiger partial charge in [0.25, 0.3) is 0 Å². The van der Waals surface area contributed by atoms with Gasteiger partial charge in [-0.1, -0.05) is 47.2 Å². The smallest absolute Gasteiger partial charge is 0.0699 e.